The van der Waals surface area contributed by atoms with Gasteiger partial charge in [-0.25, -0.2) is 0 Å². The monoisotopic (exact) mass is 271 g/mol. The minimum Gasteiger partial charge on any atom is -0.354 e. The van der Waals surface area contributed by atoms with Crippen molar-refractivity contribution < 1.29 is 4.79 Å². The van der Waals surface area contributed by atoms with Crippen LogP contribution < -0.4 is 11.1 Å². The van der Waals surface area contributed by atoms with Gasteiger partial charge in [-0.15, -0.1) is 10.2 Å². The Hall–Kier alpha value is -1.08. The molecule has 7 heteroatoms. The highest BCUT2D eigenvalue weighted by Gasteiger charge is 2.10. The number of amides is 1. The molecule has 102 valence electrons. The molecule has 0 spiro atoms. The summed E-state index contributed by atoms with van der Waals surface area (Å²) in [5, 5.41) is 11.8. The zero-order chi connectivity index (χ0) is 13.5. The molecule has 0 aromatic carbocycles. The molecule has 0 saturated carbocycles. The predicted molar refractivity (Wildman–Crippen MR) is 72.4 cm³/mol. The van der Waals surface area contributed by atoms with Crippen LogP contribution in [0.3, 0.4) is 0 Å². The van der Waals surface area contributed by atoms with Gasteiger partial charge in [0.1, 0.15) is 5.82 Å². The van der Waals surface area contributed by atoms with Crippen molar-refractivity contribution in [3.63, 3.8) is 0 Å². The van der Waals surface area contributed by atoms with Gasteiger partial charge in [0.15, 0.2) is 5.16 Å². The third-order valence-electron chi connectivity index (χ3n) is 2.26. The van der Waals surface area contributed by atoms with E-state index >= 15 is 0 Å². The molecule has 0 saturated heterocycles. The van der Waals surface area contributed by atoms with E-state index in [9.17, 15) is 4.79 Å². The third-order valence-corrected chi connectivity index (χ3v) is 3.23. The first kappa shape index (κ1) is 15.0. The summed E-state index contributed by atoms with van der Waals surface area (Å²) in [5.74, 6) is 1.62. The van der Waals surface area contributed by atoms with Crippen LogP contribution in [-0.4, -0.2) is 39.0 Å². The molecule has 1 aromatic heterocycles. The Kier molecular flexibility index (Phi) is 6.14. The predicted octanol–water partition coefficient (Wildman–Crippen LogP) is 0.552. The van der Waals surface area contributed by atoms with Crippen molar-refractivity contribution >= 4 is 17.7 Å². The Bertz CT molecular complexity index is 391. The summed E-state index contributed by atoms with van der Waals surface area (Å²) < 4.78 is 1.98. The summed E-state index contributed by atoms with van der Waals surface area (Å²) in [7, 11) is 0. The van der Waals surface area contributed by atoms with Crippen molar-refractivity contribution in [2.45, 2.75) is 44.9 Å². The minimum absolute atomic E-state index is 0.0686. The number of carbonyl (C=O) groups excluding carboxylic acids is 1. The Labute approximate surface area is 112 Å². The average Bonchev–Trinajstić information content (AvgIpc) is 2.61. The number of nitrogens with two attached hydrogens (primary N) is 1. The van der Waals surface area contributed by atoms with Gasteiger partial charge >= 0.3 is 0 Å². The zero-order valence-electron chi connectivity index (χ0n) is 11.1. The lowest BCUT2D eigenvalue weighted by Crippen LogP contribution is -2.30. The Morgan fingerprint density at radius 3 is 2.83 bits per heavy atom. The number of rotatable bonds is 7. The van der Waals surface area contributed by atoms with E-state index in [-0.39, 0.29) is 11.9 Å². The molecule has 3 N–H and O–H groups in total. The zero-order valence-corrected chi connectivity index (χ0v) is 12.0. The number of thioether (sulfide) groups is 1. The molecular formula is C11H21N5OS. The summed E-state index contributed by atoms with van der Waals surface area (Å²) in [6, 6.07) is 0.186. The maximum atomic E-state index is 11.5. The lowest BCUT2D eigenvalue weighted by atomic mass is 10.3. The molecule has 0 aliphatic rings. The molecule has 1 heterocycles. The van der Waals surface area contributed by atoms with E-state index < -0.39 is 0 Å². The Balaban J connectivity index is 2.41. The molecule has 6 nitrogen and oxygen atoms in total. The molecule has 0 fully saturated rings. The van der Waals surface area contributed by atoms with Crippen LogP contribution >= 0.6 is 11.8 Å². The van der Waals surface area contributed by atoms with Gasteiger partial charge in [0.25, 0.3) is 0 Å². The quantitative estimate of drug-likeness (QED) is 0.707. The van der Waals surface area contributed by atoms with Gasteiger partial charge < -0.3 is 15.6 Å². The van der Waals surface area contributed by atoms with E-state index in [2.05, 4.69) is 15.5 Å². The summed E-state index contributed by atoms with van der Waals surface area (Å²) in [6.07, 6.45) is 0.484. The van der Waals surface area contributed by atoms with Crippen molar-refractivity contribution in [1.82, 2.24) is 20.1 Å². The maximum Gasteiger partial charge on any atom is 0.221 e. The molecule has 0 atom stereocenters. The van der Waals surface area contributed by atoms with Gasteiger partial charge in [-0.2, -0.15) is 0 Å². The second-order valence-corrected chi connectivity index (χ2v) is 5.35. The van der Waals surface area contributed by atoms with Crippen LogP contribution in [0.2, 0.25) is 0 Å². The highest BCUT2D eigenvalue weighted by atomic mass is 32.2. The van der Waals surface area contributed by atoms with Gasteiger partial charge in [-0.3, -0.25) is 4.79 Å². The number of aryl methyl sites for hydroxylation is 1. The minimum atomic E-state index is 0.0686. The van der Waals surface area contributed by atoms with Gasteiger partial charge in [0, 0.05) is 31.3 Å². The number of hydrogen-bond donors (Lipinski definition) is 2. The molecule has 1 amide bonds. The highest BCUT2D eigenvalue weighted by Crippen LogP contribution is 2.17. The highest BCUT2D eigenvalue weighted by molar-refractivity contribution is 7.99. The SMILES string of the molecule is Cc1nnc(SCCC(=O)NC(C)C)n1CCN. The second-order valence-electron chi connectivity index (χ2n) is 4.29. The first-order valence-electron chi connectivity index (χ1n) is 6.06. The van der Waals surface area contributed by atoms with Crippen molar-refractivity contribution in [3.05, 3.63) is 5.82 Å². The number of carbonyl (C=O) groups is 1. The average molecular weight is 271 g/mol. The lowest BCUT2D eigenvalue weighted by Gasteiger charge is -2.08. The van der Waals surface area contributed by atoms with E-state index in [0.29, 0.717) is 25.3 Å². The van der Waals surface area contributed by atoms with Crippen molar-refractivity contribution in [2.75, 3.05) is 12.3 Å². The molecular weight excluding hydrogens is 250 g/mol. The van der Waals surface area contributed by atoms with Crippen LogP contribution in [0, 0.1) is 6.92 Å². The largest absolute Gasteiger partial charge is 0.354 e. The van der Waals surface area contributed by atoms with E-state index in [1.54, 1.807) is 0 Å². The second kappa shape index (κ2) is 7.38. The van der Waals surface area contributed by atoms with Crippen LogP contribution in [0.25, 0.3) is 0 Å². The van der Waals surface area contributed by atoms with E-state index in [0.717, 1.165) is 11.0 Å². The Morgan fingerprint density at radius 1 is 1.50 bits per heavy atom. The summed E-state index contributed by atoms with van der Waals surface area (Å²) in [6.45, 7) is 7.07. The smallest absolute Gasteiger partial charge is 0.221 e. The van der Waals surface area contributed by atoms with E-state index in [1.807, 2.05) is 25.3 Å². The number of hydrogen-bond acceptors (Lipinski definition) is 5. The van der Waals surface area contributed by atoms with E-state index in [4.69, 9.17) is 5.73 Å². The van der Waals surface area contributed by atoms with Crippen LogP contribution in [0.15, 0.2) is 5.16 Å². The first-order chi connectivity index (χ1) is 8.54. The molecule has 0 bridgehead atoms. The van der Waals surface area contributed by atoms with Crippen molar-refractivity contribution in [3.8, 4) is 0 Å². The molecule has 1 aromatic rings. The number of aromatic nitrogens is 3. The normalized spacial score (nSPS) is 10.9. The summed E-state index contributed by atoms with van der Waals surface area (Å²) >= 11 is 1.54. The van der Waals surface area contributed by atoms with Crippen LogP contribution in [-0.2, 0) is 11.3 Å². The molecule has 1 rings (SSSR count). The van der Waals surface area contributed by atoms with Crippen molar-refractivity contribution in [2.24, 2.45) is 5.73 Å². The molecule has 0 aliphatic carbocycles. The van der Waals surface area contributed by atoms with Gasteiger partial charge in [0.05, 0.1) is 0 Å². The topological polar surface area (TPSA) is 85.8 Å². The number of nitrogens with zero attached hydrogens (tertiary/aromatic N) is 3. The molecule has 0 radical (unpaired) electrons. The first-order valence-corrected chi connectivity index (χ1v) is 7.05. The van der Waals surface area contributed by atoms with Crippen LogP contribution in [0.1, 0.15) is 26.1 Å². The maximum absolute atomic E-state index is 11.5. The molecule has 0 aliphatic heterocycles. The number of nitrogens with one attached hydrogen (secondary N) is 1. The van der Waals surface area contributed by atoms with Gasteiger partial charge in [-0.1, -0.05) is 11.8 Å². The standard InChI is InChI=1S/C11H21N5OS/c1-8(2)13-10(17)4-7-18-11-15-14-9(3)16(11)6-5-12/h8H,4-7,12H2,1-3H3,(H,13,17). The molecule has 0 unspecified atom stereocenters. The lowest BCUT2D eigenvalue weighted by molar-refractivity contribution is -0.121. The summed E-state index contributed by atoms with van der Waals surface area (Å²) in [4.78, 5) is 11.5. The summed E-state index contributed by atoms with van der Waals surface area (Å²) in [5.41, 5.74) is 5.54. The van der Waals surface area contributed by atoms with Crippen molar-refractivity contribution in [1.29, 1.82) is 0 Å². The van der Waals surface area contributed by atoms with Gasteiger partial charge in [-0.05, 0) is 20.8 Å². The van der Waals surface area contributed by atoms with Crippen LogP contribution in [0.4, 0.5) is 0 Å². The fourth-order valence-corrected chi connectivity index (χ4v) is 2.43. The molecule has 18 heavy (non-hydrogen) atoms. The van der Waals surface area contributed by atoms with Crippen LogP contribution in [0.5, 0.6) is 0 Å². The Morgan fingerprint density at radius 2 is 2.22 bits per heavy atom. The third kappa shape index (κ3) is 4.66. The van der Waals surface area contributed by atoms with Gasteiger partial charge in [0.2, 0.25) is 5.91 Å². The fourth-order valence-electron chi connectivity index (χ4n) is 1.48. The van der Waals surface area contributed by atoms with E-state index in [1.165, 1.54) is 11.8 Å². The fraction of sp³-hybridized carbons (Fsp3) is 0.727.